The molecule has 0 spiro atoms. The fourth-order valence-electron chi connectivity index (χ4n) is 3.75. The average molecular weight is 562 g/mol. The maximum atomic E-state index is 15.3. The van der Waals surface area contributed by atoms with E-state index in [9.17, 15) is 23.6 Å². The molecule has 0 saturated heterocycles. The molecule has 0 atom stereocenters. The zero-order valence-electron chi connectivity index (χ0n) is 20.2. The van der Waals surface area contributed by atoms with Crippen molar-refractivity contribution in [2.45, 2.75) is 30.6 Å². The number of ether oxygens (including phenoxy) is 2. The fourth-order valence-corrected chi connectivity index (χ4v) is 4.85. The zero-order valence-corrected chi connectivity index (χ0v) is 21.8. The Bertz CT molecular complexity index is 1350. The lowest BCUT2D eigenvalue weighted by atomic mass is 9.90. The number of amides is 2. The van der Waals surface area contributed by atoms with Gasteiger partial charge in [0.2, 0.25) is 0 Å². The summed E-state index contributed by atoms with van der Waals surface area (Å²) in [5.74, 6) is -3.18. The van der Waals surface area contributed by atoms with Crippen LogP contribution in [0.25, 0.3) is 0 Å². The average Bonchev–Trinajstić information content (AvgIpc) is 2.91. The number of hydrogen-bond acceptors (Lipinski definition) is 7. The number of terminal acetylenes is 1. The van der Waals surface area contributed by atoms with Crippen LogP contribution in [0.4, 0.5) is 14.5 Å². The van der Waals surface area contributed by atoms with Crippen molar-refractivity contribution in [3.05, 3.63) is 69.8 Å². The minimum Gasteiger partial charge on any atom is -0.468 e. The number of hydrogen-bond donors (Lipinski definition) is 0. The summed E-state index contributed by atoms with van der Waals surface area (Å²) in [6.45, 7) is -0.317. The van der Waals surface area contributed by atoms with Gasteiger partial charge in [-0.2, -0.15) is 0 Å². The molecule has 0 saturated carbocycles. The van der Waals surface area contributed by atoms with E-state index in [4.69, 9.17) is 22.8 Å². The third-order valence-corrected chi connectivity index (χ3v) is 7.01. The minimum atomic E-state index is -1.03. The van der Waals surface area contributed by atoms with Gasteiger partial charge < -0.3 is 9.47 Å². The van der Waals surface area contributed by atoms with Crippen molar-refractivity contribution in [2.24, 2.45) is 0 Å². The van der Waals surface area contributed by atoms with Crippen LogP contribution < -0.4 is 4.90 Å². The van der Waals surface area contributed by atoms with E-state index in [0.29, 0.717) is 17.7 Å². The Kier molecular flexibility index (Phi) is 10.0. The quantitative estimate of drug-likeness (QED) is 0.192. The van der Waals surface area contributed by atoms with Crippen molar-refractivity contribution in [1.29, 1.82) is 0 Å². The van der Waals surface area contributed by atoms with Gasteiger partial charge >= 0.3 is 11.9 Å². The van der Waals surface area contributed by atoms with Crippen LogP contribution in [0, 0.1) is 24.0 Å². The van der Waals surface area contributed by atoms with E-state index in [0.717, 1.165) is 36.0 Å². The SMILES string of the molecule is C#CCOC(=O)C1=C(C(=O)N(C(=O)c2cccc(F)c2)c2cc(SCC(=O)OC)c(Cl)cc2F)CCCC1. The number of carbonyl (C=O) groups is 4. The van der Waals surface area contributed by atoms with Gasteiger partial charge in [0, 0.05) is 21.6 Å². The summed E-state index contributed by atoms with van der Waals surface area (Å²) in [6, 6.07) is 6.58. The first-order chi connectivity index (χ1) is 18.2. The lowest BCUT2D eigenvalue weighted by Gasteiger charge is -2.26. The molecule has 0 radical (unpaired) electrons. The second kappa shape index (κ2) is 13.2. The van der Waals surface area contributed by atoms with Crippen LogP contribution >= 0.6 is 23.4 Å². The smallest absolute Gasteiger partial charge is 0.335 e. The lowest BCUT2D eigenvalue weighted by molar-refractivity contribution is -0.138. The summed E-state index contributed by atoms with van der Waals surface area (Å²) in [5, 5.41) is -0.0683. The molecular formula is C27H22ClF2NO6S. The van der Waals surface area contributed by atoms with Gasteiger partial charge in [0.25, 0.3) is 11.8 Å². The summed E-state index contributed by atoms with van der Waals surface area (Å²) in [4.78, 5) is 52.4. The molecule has 0 heterocycles. The number of carbonyl (C=O) groups excluding carboxylic acids is 4. The Morgan fingerprint density at radius 2 is 1.79 bits per heavy atom. The molecule has 7 nitrogen and oxygen atoms in total. The third-order valence-electron chi connectivity index (χ3n) is 5.55. The number of nitrogens with zero attached hydrogens (tertiary/aromatic N) is 1. The largest absolute Gasteiger partial charge is 0.468 e. The van der Waals surface area contributed by atoms with Gasteiger partial charge in [0.05, 0.1) is 23.6 Å². The van der Waals surface area contributed by atoms with Crippen molar-refractivity contribution in [1.82, 2.24) is 0 Å². The predicted molar refractivity (Wildman–Crippen MR) is 138 cm³/mol. The van der Waals surface area contributed by atoms with Gasteiger partial charge in [-0.05, 0) is 56.0 Å². The molecule has 1 aliphatic carbocycles. The summed E-state index contributed by atoms with van der Waals surface area (Å²) < 4.78 is 38.9. The molecule has 0 bridgehead atoms. The monoisotopic (exact) mass is 561 g/mol. The molecule has 1 aliphatic rings. The number of thioether (sulfide) groups is 1. The van der Waals surface area contributed by atoms with Crippen LogP contribution in [0.5, 0.6) is 0 Å². The Morgan fingerprint density at radius 3 is 2.45 bits per heavy atom. The van der Waals surface area contributed by atoms with Crippen LogP contribution in [0.1, 0.15) is 36.0 Å². The van der Waals surface area contributed by atoms with Crippen molar-refractivity contribution < 1.29 is 37.4 Å². The Morgan fingerprint density at radius 1 is 1.08 bits per heavy atom. The van der Waals surface area contributed by atoms with E-state index >= 15 is 4.39 Å². The molecule has 0 N–H and O–H groups in total. The fraction of sp³-hybridized carbons (Fsp3) is 0.259. The number of imide groups is 1. The first-order valence-corrected chi connectivity index (χ1v) is 12.7. The molecule has 38 heavy (non-hydrogen) atoms. The van der Waals surface area contributed by atoms with Crippen molar-refractivity contribution in [3.63, 3.8) is 0 Å². The molecule has 0 fully saturated rings. The molecule has 2 amide bonds. The number of rotatable bonds is 8. The number of methoxy groups -OCH3 is 1. The van der Waals surface area contributed by atoms with E-state index in [2.05, 4.69) is 10.7 Å². The maximum absolute atomic E-state index is 15.3. The highest BCUT2D eigenvalue weighted by Gasteiger charge is 2.34. The van der Waals surface area contributed by atoms with Crippen LogP contribution in [0.2, 0.25) is 5.02 Å². The normalized spacial score (nSPS) is 12.9. The predicted octanol–water partition coefficient (Wildman–Crippen LogP) is 5.10. The molecule has 3 rings (SSSR count). The minimum absolute atomic E-state index is 0.0307. The Balaban J connectivity index is 2.16. The molecule has 2 aromatic carbocycles. The summed E-state index contributed by atoms with van der Waals surface area (Å²) in [6.07, 6.45) is 6.57. The second-order valence-electron chi connectivity index (χ2n) is 8.00. The maximum Gasteiger partial charge on any atom is 0.335 e. The topological polar surface area (TPSA) is 90.0 Å². The molecule has 0 aromatic heterocycles. The van der Waals surface area contributed by atoms with Crippen molar-refractivity contribution in [2.75, 3.05) is 24.4 Å². The lowest BCUT2D eigenvalue weighted by Crippen LogP contribution is -2.40. The molecule has 2 aromatic rings. The van der Waals surface area contributed by atoms with Crippen molar-refractivity contribution in [3.8, 4) is 12.3 Å². The van der Waals surface area contributed by atoms with E-state index in [1.165, 1.54) is 19.2 Å². The molecular weight excluding hydrogens is 540 g/mol. The Labute approximate surface area is 227 Å². The number of anilines is 1. The summed E-state index contributed by atoms with van der Waals surface area (Å²) in [5.41, 5.74) is -0.732. The van der Waals surface area contributed by atoms with E-state index in [1.54, 1.807) is 0 Å². The first kappa shape index (κ1) is 28.9. The van der Waals surface area contributed by atoms with Gasteiger partial charge in [-0.1, -0.05) is 23.6 Å². The standard InChI is InChI=1S/C27H22ClF2NO6S/c1-3-11-37-27(35)19-10-5-4-9-18(19)26(34)31(25(33)16-7-6-8-17(29)12-16)22-14-23(20(28)13-21(22)30)38-15-24(32)36-2/h1,6-8,12-14H,4-5,9-11,15H2,2H3. The number of benzene rings is 2. The van der Waals surface area contributed by atoms with Gasteiger partial charge in [0.15, 0.2) is 6.61 Å². The molecule has 0 aliphatic heterocycles. The summed E-state index contributed by atoms with van der Waals surface area (Å²) >= 11 is 7.06. The van der Waals surface area contributed by atoms with E-state index < -0.39 is 41.1 Å². The van der Waals surface area contributed by atoms with Gasteiger partial charge in [-0.15, -0.1) is 18.2 Å². The Hall–Kier alpha value is -3.68. The van der Waals surface area contributed by atoms with E-state index in [-0.39, 0.29) is 51.8 Å². The van der Waals surface area contributed by atoms with E-state index in [1.807, 2.05) is 0 Å². The highest BCUT2D eigenvalue weighted by atomic mass is 35.5. The third kappa shape index (κ3) is 6.79. The first-order valence-electron chi connectivity index (χ1n) is 11.3. The number of esters is 2. The highest BCUT2D eigenvalue weighted by molar-refractivity contribution is 8.00. The van der Waals surface area contributed by atoms with Gasteiger partial charge in [-0.25, -0.2) is 18.5 Å². The second-order valence-corrected chi connectivity index (χ2v) is 9.42. The summed E-state index contributed by atoms with van der Waals surface area (Å²) in [7, 11) is 1.20. The molecule has 0 unspecified atom stereocenters. The number of halogens is 3. The van der Waals surface area contributed by atoms with Gasteiger partial charge in [0.1, 0.15) is 11.6 Å². The van der Waals surface area contributed by atoms with Crippen LogP contribution in [0.15, 0.2) is 52.4 Å². The van der Waals surface area contributed by atoms with Crippen molar-refractivity contribution >= 4 is 52.8 Å². The van der Waals surface area contributed by atoms with Crippen LogP contribution in [-0.4, -0.2) is 43.2 Å². The van der Waals surface area contributed by atoms with Crippen LogP contribution in [0.3, 0.4) is 0 Å². The highest BCUT2D eigenvalue weighted by Crippen LogP contribution is 2.36. The molecule has 198 valence electrons. The van der Waals surface area contributed by atoms with Crippen LogP contribution in [-0.2, 0) is 23.9 Å². The zero-order chi connectivity index (χ0) is 27.8. The molecule has 11 heteroatoms. The van der Waals surface area contributed by atoms with Gasteiger partial charge in [-0.3, -0.25) is 14.4 Å².